The first-order valence-electron chi connectivity index (χ1n) is 12.3. The maximum absolute atomic E-state index is 13.1. The Morgan fingerprint density at radius 3 is 2.66 bits per heavy atom. The van der Waals surface area contributed by atoms with E-state index in [0.717, 1.165) is 48.6 Å². The van der Waals surface area contributed by atoms with Crippen molar-refractivity contribution in [3.63, 3.8) is 0 Å². The molecule has 0 aliphatic carbocycles. The number of ether oxygens (including phenoxy) is 2. The second kappa shape index (κ2) is 12.2. The van der Waals surface area contributed by atoms with E-state index in [1.54, 1.807) is 12.1 Å². The molecule has 2 N–H and O–H groups in total. The van der Waals surface area contributed by atoms with Gasteiger partial charge in [-0.3, -0.25) is 20.3 Å². The summed E-state index contributed by atoms with van der Waals surface area (Å²) in [6, 6.07) is 12.9. The Balaban J connectivity index is 1.39. The van der Waals surface area contributed by atoms with Crippen LogP contribution >= 0.6 is 11.8 Å². The van der Waals surface area contributed by atoms with E-state index in [2.05, 4.69) is 10.1 Å². The largest absolute Gasteiger partial charge is 0.475 e. The summed E-state index contributed by atoms with van der Waals surface area (Å²) in [5.74, 6) is 2.35. The minimum absolute atomic E-state index is 0.0604. The maximum Gasteiger partial charge on any atom is 0.306 e. The number of nitrogens with two attached hydrogens (primary N) is 1. The first-order chi connectivity index (χ1) is 17.0. The van der Waals surface area contributed by atoms with Crippen molar-refractivity contribution in [3.8, 4) is 5.75 Å². The molecule has 2 heterocycles. The molecular formula is C27H33N3O4S. The van der Waals surface area contributed by atoms with Crippen LogP contribution < -0.4 is 10.5 Å². The molecule has 2 aromatic rings. The number of carbonyl (C=O) groups excluding carboxylic acids is 2. The molecule has 35 heavy (non-hydrogen) atoms. The van der Waals surface area contributed by atoms with Gasteiger partial charge in [-0.25, -0.2) is 0 Å². The number of ketones is 1. The lowest BCUT2D eigenvalue weighted by Gasteiger charge is -2.30. The van der Waals surface area contributed by atoms with Gasteiger partial charge in [0.25, 0.3) is 0 Å². The lowest BCUT2D eigenvalue weighted by Crippen LogP contribution is -2.41. The molecule has 0 amide bonds. The second-order valence-electron chi connectivity index (χ2n) is 8.91. The average Bonchev–Trinajstić information content (AvgIpc) is 2.88. The first kappa shape index (κ1) is 25.3. The highest BCUT2D eigenvalue weighted by Gasteiger charge is 2.30. The standard InChI is InChI=1S/C27H33N3O4S/c1-2-3-12-33-25(31)17-23-16-22-15-21(8-9-24(22)34-27(23)28)26(32)20-6-4-19(5-7-20)18-29-30-10-13-35-14-11-30/h4-9,15,18,23,27H,2-3,10-14,16-17,28H2,1H3. The van der Waals surface area contributed by atoms with Crippen LogP contribution in [0.25, 0.3) is 0 Å². The zero-order chi connectivity index (χ0) is 24.6. The van der Waals surface area contributed by atoms with Crippen molar-refractivity contribution in [2.24, 2.45) is 16.8 Å². The summed E-state index contributed by atoms with van der Waals surface area (Å²) in [6.07, 6.45) is 3.83. The Morgan fingerprint density at radius 2 is 1.91 bits per heavy atom. The van der Waals surface area contributed by atoms with Crippen molar-refractivity contribution >= 4 is 29.7 Å². The van der Waals surface area contributed by atoms with Crippen LogP contribution in [0.4, 0.5) is 0 Å². The van der Waals surface area contributed by atoms with Crippen molar-refractivity contribution in [3.05, 3.63) is 64.7 Å². The van der Waals surface area contributed by atoms with Crippen molar-refractivity contribution in [2.45, 2.75) is 38.8 Å². The molecule has 7 nitrogen and oxygen atoms in total. The predicted octanol–water partition coefficient (Wildman–Crippen LogP) is 3.87. The number of benzene rings is 2. The quantitative estimate of drug-likeness (QED) is 0.244. The number of fused-ring (bicyclic) bond motifs is 1. The molecule has 1 fully saturated rings. The molecule has 0 bridgehead atoms. The number of unbranched alkanes of at least 4 members (excludes halogenated alkanes) is 1. The number of hydrogen-bond donors (Lipinski definition) is 1. The molecule has 2 aliphatic rings. The number of hydrazone groups is 1. The fourth-order valence-electron chi connectivity index (χ4n) is 4.13. The van der Waals surface area contributed by atoms with Crippen LogP contribution in [0.5, 0.6) is 5.75 Å². The van der Waals surface area contributed by atoms with Gasteiger partial charge in [-0.05, 0) is 42.2 Å². The number of nitrogens with zero attached hydrogens (tertiary/aromatic N) is 2. The van der Waals surface area contributed by atoms with Crippen LogP contribution in [-0.2, 0) is 16.0 Å². The van der Waals surface area contributed by atoms with Gasteiger partial charge in [-0.1, -0.05) is 37.6 Å². The van der Waals surface area contributed by atoms with E-state index in [1.165, 1.54) is 0 Å². The van der Waals surface area contributed by atoms with Gasteiger partial charge < -0.3 is 9.47 Å². The summed E-state index contributed by atoms with van der Waals surface area (Å²) >= 11 is 1.95. The van der Waals surface area contributed by atoms with Gasteiger partial charge >= 0.3 is 5.97 Å². The third-order valence-electron chi connectivity index (χ3n) is 6.25. The van der Waals surface area contributed by atoms with Crippen molar-refractivity contribution < 1.29 is 19.1 Å². The van der Waals surface area contributed by atoms with Crippen molar-refractivity contribution in [1.29, 1.82) is 0 Å². The zero-order valence-electron chi connectivity index (χ0n) is 20.2. The maximum atomic E-state index is 13.1. The number of rotatable bonds is 9. The zero-order valence-corrected chi connectivity index (χ0v) is 21.0. The van der Waals surface area contributed by atoms with Crippen LogP contribution in [0.1, 0.15) is 53.2 Å². The molecular weight excluding hydrogens is 462 g/mol. The summed E-state index contributed by atoms with van der Waals surface area (Å²) in [5.41, 5.74) is 9.20. The molecule has 2 unspecified atom stereocenters. The molecule has 2 atom stereocenters. The summed E-state index contributed by atoms with van der Waals surface area (Å²) in [5, 5.41) is 6.62. The van der Waals surface area contributed by atoms with Crippen LogP contribution in [0.3, 0.4) is 0 Å². The molecule has 2 aliphatic heterocycles. The fraction of sp³-hybridized carbons (Fsp3) is 0.444. The van der Waals surface area contributed by atoms with Crippen LogP contribution in [0.15, 0.2) is 47.6 Å². The smallest absolute Gasteiger partial charge is 0.306 e. The highest BCUT2D eigenvalue weighted by atomic mass is 32.2. The van der Waals surface area contributed by atoms with Gasteiger partial charge in [0, 0.05) is 41.6 Å². The normalized spacial score (nSPS) is 19.8. The molecule has 2 aromatic carbocycles. The Hall–Kier alpha value is -2.84. The Kier molecular flexibility index (Phi) is 8.82. The third-order valence-corrected chi connectivity index (χ3v) is 7.20. The number of carbonyl (C=O) groups is 2. The summed E-state index contributed by atoms with van der Waals surface area (Å²) < 4.78 is 11.1. The van der Waals surface area contributed by atoms with Crippen LogP contribution in [-0.4, -0.2) is 60.4 Å². The molecule has 1 saturated heterocycles. The predicted molar refractivity (Wildman–Crippen MR) is 139 cm³/mol. The lowest BCUT2D eigenvalue weighted by atomic mass is 9.90. The van der Waals surface area contributed by atoms with Crippen LogP contribution in [0, 0.1) is 5.92 Å². The van der Waals surface area contributed by atoms with Gasteiger partial charge in [0.2, 0.25) is 0 Å². The van der Waals surface area contributed by atoms with Gasteiger partial charge in [-0.15, -0.1) is 0 Å². The van der Waals surface area contributed by atoms with Crippen molar-refractivity contribution in [2.75, 3.05) is 31.2 Å². The minimum atomic E-state index is -0.583. The number of hydrogen-bond acceptors (Lipinski definition) is 8. The second-order valence-corrected chi connectivity index (χ2v) is 10.1. The van der Waals surface area contributed by atoms with E-state index >= 15 is 0 Å². The fourth-order valence-corrected chi connectivity index (χ4v) is 5.02. The molecule has 186 valence electrons. The van der Waals surface area contributed by atoms with E-state index in [9.17, 15) is 9.59 Å². The highest BCUT2D eigenvalue weighted by molar-refractivity contribution is 7.99. The number of thioether (sulfide) groups is 1. The van der Waals surface area contributed by atoms with Gasteiger partial charge in [0.1, 0.15) is 5.75 Å². The molecule has 0 saturated carbocycles. The summed E-state index contributed by atoms with van der Waals surface area (Å²) in [6.45, 7) is 4.40. The van der Waals surface area contributed by atoms with E-state index in [-0.39, 0.29) is 24.1 Å². The molecule has 0 aromatic heterocycles. The topological polar surface area (TPSA) is 94.2 Å². The summed E-state index contributed by atoms with van der Waals surface area (Å²) in [4.78, 5) is 25.3. The lowest BCUT2D eigenvalue weighted by molar-refractivity contribution is -0.145. The Bertz CT molecular complexity index is 1050. The van der Waals surface area contributed by atoms with E-state index in [1.807, 2.05) is 55.2 Å². The van der Waals surface area contributed by atoms with E-state index in [0.29, 0.717) is 29.9 Å². The monoisotopic (exact) mass is 495 g/mol. The van der Waals surface area contributed by atoms with Gasteiger partial charge in [-0.2, -0.15) is 16.9 Å². The third kappa shape index (κ3) is 6.86. The molecule has 0 radical (unpaired) electrons. The van der Waals surface area contributed by atoms with Crippen molar-refractivity contribution in [1.82, 2.24) is 5.01 Å². The minimum Gasteiger partial charge on any atom is -0.475 e. The first-order valence-corrected chi connectivity index (χ1v) is 13.4. The van der Waals surface area contributed by atoms with E-state index in [4.69, 9.17) is 15.2 Å². The molecule has 8 heteroatoms. The van der Waals surface area contributed by atoms with Gasteiger partial charge in [0.15, 0.2) is 12.0 Å². The van der Waals surface area contributed by atoms with E-state index < -0.39 is 6.23 Å². The Morgan fingerprint density at radius 1 is 1.17 bits per heavy atom. The highest BCUT2D eigenvalue weighted by Crippen LogP contribution is 2.32. The molecule has 0 spiro atoms. The van der Waals surface area contributed by atoms with Crippen LogP contribution in [0.2, 0.25) is 0 Å². The summed E-state index contributed by atoms with van der Waals surface area (Å²) in [7, 11) is 0. The SMILES string of the molecule is CCCCOC(=O)CC1Cc2cc(C(=O)c3ccc(C=NN4CCSCC4)cc3)ccc2OC1N. The Labute approximate surface area is 211 Å². The average molecular weight is 496 g/mol. The van der Waals surface area contributed by atoms with Gasteiger partial charge in [0.05, 0.1) is 19.2 Å². The molecule has 4 rings (SSSR count). The number of esters is 1.